The summed E-state index contributed by atoms with van der Waals surface area (Å²) < 4.78 is 5.12. The maximum atomic E-state index is 11.9. The Bertz CT molecular complexity index is 545. The van der Waals surface area contributed by atoms with Crippen LogP contribution in [0.25, 0.3) is 0 Å². The van der Waals surface area contributed by atoms with Crippen molar-refractivity contribution in [1.29, 1.82) is 0 Å². The summed E-state index contributed by atoms with van der Waals surface area (Å²) in [5.74, 6) is -0.0525. The first-order chi connectivity index (χ1) is 10.8. The predicted octanol–water partition coefficient (Wildman–Crippen LogP) is 2.75. The topological polar surface area (TPSA) is 67.4 Å². The van der Waals surface area contributed by atoms with Crippen molar-refractivity contribution in [3.8, 4) is 0 Å². The van der Waals surface area contributed by atoms with Crippen LogP contribution in [0.15, 0.2) is 30.3 Å². The van der Waals surface area contributed by atoms with Gasteiger partial charge in [0, 0.05) is 24.9 Å². The highest BCUT2D eigenvalue weighted by Crippen LogP contribution is 2.47. The molecule has 2 N–H and O–H groups in total. The van der Waals surface area contributed by atoms with Gasteiger partial charge in [0.05, 0.1) is 0 Å². The zero-order chi connectivity index (χ0) is 16.9. The van der Waals surface area contributed by atoms with Crippen molar-refractivity contribution in [1.82, 2.24) is 10.6 Å². The summed E-state index contributed by atoms with van der Waals surface area (Å²) in [7, 11) is 0. The summed E-state index contributed by atoms with van der Waals surface area (Å²) in [6, 6.07) is 10.3. The van der Waals surface area contributed by atoms with Gasteiger partial charge < -0.3 is 15.4 Å². The number of rotatable bonds is 6. The molecule has 1 aromatic rings. The van der Waals surface area contributed by atoms with Crippen LogP contribution in [0, 0.1) is 0 Å². The second kappa shape index (κ2) is 7.02. The van der Waals surface area contributed by atoms with E-state index in [-0.39, 0.29) is 24.3 Å². The molecule has 5 nitrogen and oxygen atoms in total. The third-order valence-electron chi connectivity index (χ3n) is 3.88. The summed E-state index contributed by atoms with van der Waals surface area (Å²) in [5.41, 5.74) is 0.864. The van der Waals surface area contributed by atoms with Crippen LogP contribution in [0.3, 0.4) is 0 Å². The molecule has 2 amide bonds. The van der Waals surface area contributed by atoms with Crippen molar-refractivity contribution in [3.63, 3.8) is 0 Å². The molecule has 0 radical (unpaired) electrons. The first-order valence-electron chi connectivity index (χ1n) is 8.10. The van der Waals surface area contributed by atoms with Gasteiger partial charge >= 0.3 is 6.09 Å². The normalized spacial score (nSPS) is 15.6. The van der Waals surface area contributed by atoms with Crippen LogP contribution in [-0.4, -0.2) is 30.7 Å². The minimum Gasteiger partial charge on any atom is -0.444 e. The van der Waals surface area contributed by atoms with Gasteiger partial charge in [-0.05, 0) is 39.2 Å². The van der Waals surface area contributed by atoms with Gasteiger partial charge in [-0.2, -0.15) is 0 Å². The van der Waals surface area contributed by atoms with Gasteiger partial charge in [-0.15, -0.1) is 0 Å². The molecule has 1 fully saturated rings. The van der Waals surface area contributed by atoms with Crippen molar-refractivity contribution in [2.75, 3.05) is 13.1 Å². The fraction of sp³-hybridized carbons (Fsp3) is 0.556. The average molecular weight is 318 g/mol. The highest BCUT2D eigenvalue weighted by atomic mass is 16.6. The van der Waals surface area contributed by atoms with Crippen LogP contribution < -0.4 is 10.6 Å². The van der Waals surface area contributed by atoms with Crippen LogP contribution in [0.5, 0.6) is 0 Å². The summed E-state index contributed by atoms with van der Waals surface area (Å²) in [4.78, 5) is 23.4. The van der Waals surface area contributed by atoms with Crippen LogP contribution in [0.4, 0.5) is 4.79 Å². The number of hydrogen-bond donors (Lipinski definition) is 2. The van der Waals surface area contributed by atoms with E-state index in [1.807, 2.05) is 18.2 Å². The first kappa shape index (κ1) is 17.3. The van der Waals surface area contributed by atoms with Crippen molar-refractivity contribution in [2.24, 2.45) is 0 Å². The highest BCUT2D eigenvalue weighted by Gasteiger charge is 2.44. The van der Waals surface area contributed by atoms with Gasteiger partial charge in [-0.3, -0.25) is 4.79 Å². The molecule has 0 saturated heterocycles. The Kier molecular flexibility index (Phi) is 5.29. The van der Waals surface area contributed by atoms with E-state index in [4.69, 9.17) is 4.74 Å². The number of amides is 2. The number of alkyl carbamates (subject to hydrolysis) is 1. The zero-order valence-corrected chi connectivity index (χ0v) is 14.1. The number of carbonyl (C=O) groups is 2. The lowest BCUT2D eigenvalue weighted by Gasteiger charge is -2.19. The third-order valence-corrected chi connectivity index (χ3v) is 3.88. The molecule has 0 heterocycles. The number of ether oxygens (including phenoxy) is 1. The summed E-state index contributed by atoms with van der Waals surface area (Å²) in [6.07, 6.45) is 1.97. The molecule has 0 atom stereocenters. The first-order valence-corrected chi connectivity index (χ1v) is 8.10. The molecule has 1 saturated carbocycles. The van der Waals surface area contributed by atoms with E-state index in [2.05, 4.69) is 22.8 Å². The smallest absolute Gasteiger partial charge is 0.407 e. The molecule has 126 valence electrons. The van der Waals surface area contributed by atoms with Crippen molar-refractivity contribution < 1.29 is 14.3 Å². The lowest BCUT2D eigenvalue weighted by Crippen LogP contribution is -2.37. The molecule has 0 unspecified atom stereocenters. The summed E-state index contributed by atoms with van der Waals surface area (Å²) in [5, 5.41) is 5.57. The van der Waals surface area contributed by atoms with Crippen molar-refractivity contribution in [2.45, 2.75) is 51.0 Å². The second-order valence-electron chi connectivity index (χ2n) is 7.10. The molecule has 23 heavy (non-hydrogen) atoms. The van der Waals surface area contributed by atoms with Crippen molar-refractivity contribution in [3.05, 3.63) is 35.9 Å². The number of hydrogen-bond acceptors (Lipinski definition) is 3. The van der Waals surface area contributed by atoms with Gasteiger partial charge in [0.2, 0.25) is 5.91 Å². The van der Waals surface area contributed by atoms with Gasteiger partial charge in [0.25, 0.3) is 0 Å². The van der Waals surface area contributed by atoms with Crippen LogP contribution >= 0.6 is 0 Å². The molecular formula is C18H26N2O3. The SMILES string of the molecule is CC(C)(C)OC(=O)NCCC(=O)NCC1(c2ccccc2)CC1. The number of nitrogens with one attached hydrogen (secondary N) is 2. The molecule has 0 aromatic heterocycles. The molecule has 0 bridgehead atoms. The van der Waals surface area contributed by atoms with Gasteiger partial charge in [-0.25, -0.2) is 4.79 Å². The third kappa shape index (κ3) is 5.58. The van der Waals surface area contributed by atoms with E-state index in [9.17, 15) is 9.59 Å². The van der Waals surface area contributed by atoms with E-state index < -0.39 is 11.7 Å². The molecule has 1 aliphatic rings. The summed E-state index contributed by atoms with van der Waals surface area (Å²) >= 11 is 0. The van der Waals surface area contributed by atoms with E-state index in [0.29, 0.717) is 6.54 Å². The van der Waals surface area contributed by atoms with E-state index in [1.165, 1.54) is 5.56 Å². The van der Waals surface area contributed by atoms with Gasteiger partial charge in [-0.1, -0.05) is 30.3 Å². The van der Waals surface area contributed by atoms with E-state index in [0.717, 1.165) is 12.8 Å². The molecular weight excluding hydrogens is 292 g/mol. The van der Waals surface area contributed by atoms with Gasteiger partial charge in [0.15, 0.2) is 0 Å². The fourth-order valence-corrected chi connectivity index (χ4v) is 2.46. The minimum atomic E-state index is -0.527. The number of benzene rings is 1. The Labute approximate surface area is 137 Å². The van der Waals surface area contributed by atoms with Gasteiger partial charge in [0.1, 0.15) is 5.60 Å². The minimum absolute atomic E-state index is 0.0525. The number of carbonyl (C=O) groups excluding carboxylic acids is 2. The second-order valence-corrected chi connectivity index (χ2v) is 7.10. The molecule has 1 aliphatic carbocycles. The fourth-order valence-electron chi connectivity index (χ4n) is 2.46. The van der Waals surface area contributed by atoms with E-state index in [1.54, 1.807) is 20.8 Å². The molecule has 0 spiro atoms. The quantitative estimate of drug-likeness (QED) is 0.847. The largest absolute Gasteiger partial charge is 0.444 e. The Hall–Kier alpha value is -2.04. The van der Waals surface area contributed by atoms with Crippen LogP contribution in [0.2, 0.25) is 0 Å². The Morgan fingerprint density at radius 1 is 1.13 bits per heavy atom. The molecule has 0 aliphatic heterocycles. The van der Waals surface area contributed by atoms with Crippen LogP contribution in [0.1, 0.15) is 45.6 Å². The van der Waals surface area contributed by atoms with Crippen LogP contribution in [-0.2, 0) is 14.9 Å². The lowest BCUT2D eigenvalue weighted by atomic mass is 9.96. The summed E-state index contributed by atoms with van der Waals surface area (Å²) in [6.45, 7) is 6.34. The zero-order valence-electron chi connectivity index (χ0n) is 14.1. The average Bonchev–Trinajstić information content (AvgIpc) is 3.25. The maximum absolute atomic E-state index is 11.9. The van der Waals surface area contributed by atoms with E-state index >= 15 is 0 Å². The molecule has 1 aromatic carbocycles. The Morgan fingerprint density at radius 3 is 2.35 bits per heavy atom. The lowest BCUT2D eigenvalue weighted by molar-refractivity contribution is -0.121. The predicted molar refractivity (Wildman–Crippen MR) is 89.2 cm³/mol. The maximum Gasteiger partial charge on any atom is 0.407 e. The Morgan fingerprint density at radius 2 is 1.78 bits per heavy atom. The Balaban J connectivity index is 1.67. The highest BCUT2D eigenvalue weighted by molar-refractivity contribution is 5.77. The molecule has 2 rings (SSSR count). The molecule has 5 heteroatoms. The van der Waals surface area contributed by atoms with Crippen molar-refractivity contribution >= 4 is 12.0 Å². The monoisotopic (exact) mass is 318 g/mol. The standard InChI is InChI=1S/C18H26N2O3/c1-17(2,3)23-16(22)19-12-9-15(21)20-13-18(10-11-18)14-7-5-4-6-8-14/h4-8H,9-13H2,1-3H3,(H,19,22)(H,20,21).